The summed E-state index contributed by atoms with van der Waals surface area (Å²) in [5, 5.41) is 3.22. The third-order valence-electron chi connectivity index (χ3n) is 3.11. The largest absolute Gasteiger partial charge is 0.496 e. The van der Waals surface area contributed by atoms with Crippen molar-refractivity contribution < 1.29 is 4.74 Å². The second kappa shape index (κ2) is 7.36. The first-order valence-corrected chi connectivity index (χ1v) is 6.41. The summed E-state index contributed by atoms with van der Waals surface area (Å²) in [7, 11) is 1.73. The van der Waals surface area contributed by atoms with Crippen LogP contribution in [0.15, 0.2) is 12.1 Å². The van der Waals surface area contributed by atoms with E-state index in [4.69, 9.17) is 10.6 Å². The lowest BCUT2D eigenvalue weighted by Gasteiger charge is -2.16. The Morgan fingerprint density at radius 3 is 2.61 bits per heavy atom. The molecule has 4 N–H and O–H groups in total. The molecule has 1 aromatic carbocycles. The van der Waals surface area contributed by atoms with E-state index >= 15 is 0 Å². The second-order valence-corrected chi connectivity index (χ2v) is 4.81. The highest BCUT2D eigenvalue weighted by molar-refractivity contribution is 5.44. The lowest BCUT2D eigenvalue weighted by atomic mass is 9.95. The number of ether oxygens (including phenoxy) is 1. The van der Waals surface area contributed by atoms with Crippen molar-refractivity contribution in [2.75, 3.05) is 20.3 Å². The van der Waals surface area contributed by atoms with Crippen molar-refractivity contribution in [3.63, 3.8) is 0 Å². The van der Waals surface area contributed by atoms with E-state index in [0.717, 1.165) is 18.7 Å². The predicted octanol–water partition coefficient (Wildman–Crippen LogP) is 1.68. The molecule has 0 unspecified atom stereocenters. The van der Waals surface area contributed by atoms with Crippen LogP contribution in [0.4, 0.5) is 0 Å². The molecule has 0 aliphatic rings. The fourth-order valence-corrected chi connectivity index (χ4v) is 2.03. The number of nitrogens with two attached hydrogens (primary N) is 1. The van der Waals surface area contributed by atoms with Crippen LogP contribution in [0.2, 0.25) is 0 Å². The highest BCUT2D eigenvalue weighted by Gasteiger charge is 2.10. The van der Waals surface area contributed by atoms with E-state index in [2.05, 4.69) is 43.6 Å². The number of hydrogen-bond donors (Lipinski definition) is 3. The van der Waals surface area contributed by atoms with Crippen LogP contribution in [0.1, 0.15) is 36.5 Å². The van der Waals surface area contributed by atoms with E-state index in [9.17, 15) is 0 Å². The molecule has 0 aromatic heterocycles. The first kappa shape index (κ1) is 15.0. The van der Waals surface area contributed by atoms with E-state index in [0.29, 0.717) is 12.6 Å². The van der Waals surface area contributed by atoms with Gasteiger partial charge in [-0.05, 0) is 42.0 Å². The molecule has 4 heteroatoms. The molecule has 0 spiro atoms. The van der Waals surface area contributed by atoms with Crippen LogP contribution in [0.3, 0.4) is 0 Å². The van der Waals surface area contributed by atoms with Crippen LogP contribution >= 0.6 is 0 Å². The average Bonchev–Trinajstić information content (AvgIpc) is 2.35. The molecule has 0 radical (unpaired) electrons. The van der Waals surface area contributed by atoms with Crippen molar-refractivity contribution >= 4 is 0 Å². The second-order valence-electron chi connectivity index (χ2n) is 4.81. The summed E-state index contributed by atoms with van der Waals surface area (Å²) < 4.78 is 5.44. The highest BCUT2D eigenvalue weighted by atomic mass is 16.5. The topological polar surface area (TPSA) is 59.3 Å². The Hall–Kier alpha value is -1.10. The highest BCUT2D eigenvalue weighted by Crippen LogP contribution is 2.29. The average molecular weight is 251 g/mol. The lowest BCUT2D eigenvalue weighted by Crippen LogP contribution is -2.34. The number of rotatable bonds is 7. The number of nitrogens with one attached hydrogen (secondary N) is 2. The Morgan fingerprint density at radius 2 is 2.06 bits per heavy atom. The van der Waals surface area contributed by atoms with Gasteiger partial charge in [0.05, 0.1) is 13.8 Å². The minimum Gasteiger partial charge on any atom is -0.496 e. The van der Waals surface area contributed by atoms with Gasteiger partial charge in [-0.1, -0.05) is 19.9 Å². The Bertz CT molecular complexity index is 378. The fourth-order valence-electron chi connectivity index (χ4n) is 2.03. The van der Waals surface area contributed by atoms with Crippen LogP contribution in [0.5, 0.6) is 5.75 Å². The first-order valence-electron chi connectivity index (χ1n) is 6.41. The molecular formula is C14H25N3O. The van der Waals surface area contributed by atoms with Crippen LogP contribution in [-0.2, 0) is 6.42 Å². The molecule has 1 aromatic rings. The van der Waals surface area contributed by atoms with Crippen LogP contribution in [0, 0.1) is 6.92 Å². The number of aryl methyl sites for hydroxylation is 1. The zero-order valence-corrected chi connectivity index (χ0v) is 11.8. The van der Waals surface area contributed by atoms with Gasteiger partial charge >= 0.3 is 0 Å². The van der Waals surface area contributed by atoms with Crippen molar-refractivity contribution in [3.05, 3.63) is 28.8 Å². The molecule has 0 atom stereocenters. The predicted molar refractivity (Wildman–Crippen MR) is 75.7 cm³/mol. The Labute approximate surface area is 110 Å². The zero-order valence-electron chi connectivity index (χ0n) is 11.8. The quantitative estimate of drug-likeness (QED) is 0.299. The normalized spacial score (nSPS) is 11.0. The van der Waals surface area contributed by atoms with Gasteiger partial charge in [-0.15, -0.1) is 0 Å². The number of benzene rings is 1. The minimum atomic E-state index is 0.470. The molecule has 0 aliphatic heterocycles. The standard InChI is InChI=1S/C14H25N3O/c1-10(2)13-8-12(5-6-16-9-17-15)11(3)7-14(13)18-4/h7-8,10,16-17H,5-6,9,15H2,1-4H3. The summed E-state index contributed by atoms with van der Waals surface area (Å²) in [6.45, 7) is 8.05. The molecule has 1 rings (SSSR count). The van der Waals surface area contributed by atoms with Crippen molar-refractivity contribution in [2.45, 2.75) is 33.1 Å². The van der Waals surface area contributed by atoms with Crippen LogP contribution in [-0.4, -0.2) is 20.3 Å². The van der Waals surface area contributed by atoms with Gasteiger partial charge in [-0.2, -0.15) is 0 Å². The van der Waals surface area contributed by atoms with Gasteiger partial charge in [0.15, 0.2) is 0 Å². The Balaban J connectivity index is 2.81. The SMILES string of the molecule is COc1cc(C)c(CCNCNN)cc1C(C)C. The van der Waals surface area contributed by atoms with Crippen molar-refractivity contribution in [1.82, 2.24) is 10.7 Å². The Kier molecular flexibility index (Phi) is 6.12. The molecular weight excluding hydrogens is 226 g/mol. The minimum absolute atomic E-state index is 0.470. The summed E-state index contributed by atoms with van der Waals surface area (Å²) in [6, 6.07) is 4.39. The third-order valence-corrected chi connectivity index (χ3v) is 3.11. The van der Waals surface area contributed by atoms with Crippen molar-refractivity contribution in [2.24, 2.45) is 5.84 Å². The van der Waals surface area contributed by atoms with E-state index in [-0.39, 0.29) is 0 Å². The molecule has 0 heterocycles. The summed E-state index contributed by atoms with van der Waals surface area (Å²) in [5.74, 6) is 6.67. The van der Waals surface area contributed by atoms with Gasteiger partial charge in [0.2, 0.25) is 0 Å². The summed E-state index contributed by atoms with van der Waals surface area (Å²) in [6.07, 6.45) is 0.997. The lowest BCUT2D eigenvalue weighted by molar-refractivity contribution is 0.407. The molecule has 0 amide bonds. The van der Waals surface area contributed by atoms with Gasteiger partial charge in [-0.3, -0.25) is 5.84 Å². The van der Waals surface area contributed by atoms with E-state index in [1.165, 1.54) is 16.7 Å². The van der Waals surface area contributed by atoms with Crippen molar-refractivity contribution in [3.8, 4) is 5.75 Å². The summed E-state index contributed by atoms with van der Waals surface area (Å²) >= 11 is 0. The first-order chi connectivity index (χ1) is 8.60. The van der Waals surface area contributed by atoms with Crippen molar-refractivity contribution in [1.29, 1.82) is 0 Å². The molecule has 4 nitrogen and oxygen atoms in total. The molecule has 0 aliphatic carbocycles. The molecule has 0 fully saturated rings. The van der Waals surface area contributed by atoms with Gasteiger partial charge < -0.3 is 10.1 Å². The zero-order chi connectivity index (χ0) is 13.5. The maximum Gasteiger partial charge on any atom is 0.122 e. The van der Waals surface area contributed by atoms with Crippen LogP contribution in [0.25, 0.3) is 0 Å². The van der Waals surface area contributed by atoms with E-state index < -0.39 is 0 Å². The molecule has 102 valence electrons. The maximum absolute atomic E-state index is 5.44. The van der Waals surface area contributed by atoms with E-state index in [1.807, 2.05) is 0 Å². The van der Waals surface area contributed by atoms with Gasteiger partial charge in [-0.25, -0.2) is 5.43 Å². The van der Waals surface area contributed by atoms with Gasteiger partial charge in [0.25, 0.3) is 0 Å². The maximum atomic E-state index is 5.44. The summed E-state index contributed by atoms with van der Waals surface area (Å²) in [5.41, 5.74) is 6.50. The fraction of sp³-hybridized carbons (Fsp3) is 0.571. The van der Waals surface area contributed by atoms with E-state index in [1.54, 1.807) is 7.11 Å². The molecule has 0 saturated heterocycles. The third kappa shape index (κ3) is 3.98. The number of methoxy groups -OCH3 is 1. The smallest absolute Gasteiger partial charge is 0.122 e. The molecule has 18 heavy (non-hydrogen) atoms. The molecule has 0 bridgehead atoms. The van der Waals surface area contributed by atoms with Gasteiger partial charge in [0, 0.05) is 6.54 Å². The number of hydrazine groups is 1. The summed E-state index contributed by atoms with van der Waals surface area (Å²) in [4.78, 5) is 0. The number of hydrogen-bond acceptors (Lipinski definition) is 4. The Morgan fingerprint density at radius 1 is 1.33 bits per heavy atom. The van der Waals surface area contributed by atoms with Gasteiger partial charge in [0.1, 0.15) is 5.75 Å². The molecule has 0 saturated carbocycles. The monoisotopic (exact) mass is 251 g/mol. The van der Waals surface area contributed by atoms with Crippen LogP contribution < -0.4 is 21.3 Å².